The van der Waals surface area contributed by atoms with Gasteiger partial charge in [0.1, 0.15) is 0 Å². The number of hydrogen-bond donors (Lipinski definition) is 2. The first-order chi connectivity index (χ1) is 42.1. The molecule has 1 amide bonds. The van der Waals surface area contributed by atoms with Crippen molar-refractivity contribution in [3.05, 3.63) is 119 Å². The molecule has 1 unspecified atom stereocenters. The zero-order valence-corrected chi connectivity index (χ0v) is 47.7. The monoisotopic (exact) mass is 1200 g/mol. The summed E-state index contributed by atoms with van der Waals surface area (Å²) in [7, 11) is 0. The minimum absolute atomic E-state index is 0.0454. The highest BCUT2D eigenvalue weighted by atomic mass is 16.7. The van der Waals surface area contributed by atoms with Crippen LogP contribution in [0.5, 0.6) is 0 Å². The highest BCUT2D eigenvalue weighted by molar-refractivity contribution is 5.90. The average Bonchev–Trinajstić information content (AvgIpc) is 3.61. The minimum atomic E-state index is -0.591. The smallest absolute Gasteiger partial charge is 0.313 e. The van der Waals surface area contributed by atoms with Gasteiger partial charge in [0.2, 0.25) is 51.3 Å². The van der Waals surface area contributed by atoms with Gasteiger partial charge in [-0.1, -0.05) is 61.9 Å². The molecule has 2 aliphatic carbocycles. The van der Waals surface area contributed by atoms with Crippen molar-refractivity contribution in [3.8, 4) is 0 Å². The van der Waals surface area contributed by atoms with Crippen LogP contribution in [0.3, 0.4) is 0 Å². The molecular formula is C62H66N4O21. The van der Waals surface area contributed by atoms with Crippen molar-refractivity contribution in [1.82, 2.24) is 0 Å². The number of nitrogens with zero attached hydrogens (tertiary/aromatic N) is 3. The SMILES string of the molecule is CCC(CO)CCC(=O)Nc1ccc(CC(=O)OCOC(=O)C2CCC(C(=O)OCOC(=O)Cc3ccc(N=C=O)cc3)CC2)cc1.O=C=Nc1ccc(CC(=O)OCOC(=O)C2CCC(C(=O)OCOC(=O)Cc3ccc(N=C=O)cc3)CC2)cc1. The van der Waals surface area contributed by atoms with E-state index in [-0.39, 0.29) is 44.1 Å². The van der Waals surface area contributed by atoms with E-state index in [0.29, 0.717) is 109 Å². The molecule has 6 rings (SSSR count). The average molecular weight is 1200 g/mol. The maximum Gasteiger partial charge on any atom is 0.313 e. The third-order valence-corrected chi connectivity index (χ3v) is 14.1. The fourth-order valence-corrected chi connectivity index (χ4v) is 9.00. The predicted molar refractivity (Wildman–Crippen MR) is 302 cm³/mol. The number of carbonyl (C=O) groups excluding carboxylic acids is 12. The van der Waals surface area contributed by atoms with Crippen molar-refractivity contribution in [3.63, 3.8) is 0 Å². The maximum atomic E-state index is 12.5. The number of benzene rings is 4. The summed E-state index contributed by atoms with van der Waals surface area (Å²) in [5.41, 5.74) is 4.39. The first kappa shape index (κ1) is 68.0. The van der Waals surface area contributed by atoms with Crippen LogP contribution in [-0.4, -0.2) is 111 Å². The molecule has 460 valence electrons. The van der Waals surface area contributed by atoms with Crippen molar-refractivity contribution in [2.24, 2.45) is 44.6 Å². The Morgan fingerprint density at radius 1 is 0.437 bits per heavy atom. The predicted octanol–water partition coefficient (Wildman–Crippen LogP) is 7.37. The van der Waals surface area contributed by atoms with Gasteiger partial charge in [0.25, 0.3) is 0 Å². The van der Waals surface area contributed by atoms with Crippen LogP contribution in [0.1, 0.15) is 99.8 Å². The normalized spacial score (nSPS) is 16.0. The molecule has 25 heteroatoms. The fraction of sp³-hybridized carbons (Fsp3) is 0.419. The summed E-state index contributed by atoms with van der Waals surface area (Å²) in [5.74, 6) is -6.24. The molecule has 4 aromatic carbocycles. The second kappa shape index (κ2) is 37.5. The molecule has 2 aliphatic rings. The van der Waals surface area contributed by atoms with Crippen LogP contribution in [-0.2, 0) is 121 Å². The number of isocyanates is 3. The number of ether oxygens (including phenoxy) is 8. The lowest BCUT2D eigenvalue weighted by molar-refractivity contribution is -0.175. The number of rotatable bonds is 29. The minimum Gasteiger partial charge on any atom is -0.428 e. The summed E-state index contributed by atoms with van der Waals surface area (Å²) >= 11 is 0. The number of carbonyl (C=O) groups is 9. The van der Waals surface area contributed by atoms with E-state index in [4.69, 9.17) is 37.9 Å². The summed E-state index contributed by atoms with van der Waals surface area (Å²) in [6, 6.07) is 25.8. The molecule has 0 radical (unpaired) electrons. The number of aliphatic hydroxyl groups excluding tert-OH is 1. The molecule has 2 N–H and O–H groups in total. The standard InChI is InChI=1S/C34H40N2O11.C28H26N2O10/c1-2-23(19-37)7-16-30(39)36-29-14-5-25(6-15-29)18-32(41)45-22-47-34(43)27-10-8-26(9-11-27)33(42)46-21-44-31(40)17-24-3-12-28(13-4-24)35-20-38;31-15-29-23-9-1-19(2-10-23)13-25(33)37-17-39-27(35)21-5-7-22(8-6-21)28(36)40-18-38-26(34)14-20-3-11-24(12-4-20)30-16-32/h3-6,12-15,23,26-27,37H,2,7-11,16-19,21-22H2,1H3,(H,36,39);1-4,9-12,21-22H,5-8,13-14,17-18H2. The molecule has 0 heterocycles. The van der Waals surface area contributed by atoms with Crippen LogP contribution in [0.15, 0.2) is 112 Å². The highest BCUT2D eigenvalue weighted by Gasteiger charge is 2.33. The van der Waals surface area contributed by atoms with E-state index in [1.807, 2.05) is 6.92 Å². The van der Waals surface area contributed by atoms with Gasteiger partial charge in [-0.25, -0.2) is 14.4 Å². The summed E-state index contributed by atoms with van der Waals surface area (Å²) in [4.78, 5) is 151. The molecule has 25 nitrogen and oxygen atoms in total. The van der Waals surface area contributed by atoms with Gasteiger partial charge >= 0.3 is 47.8 Å². The van der Waals surface area contributed by atoms with Gasteiger partial charge in [0.15, 0.2) is 0 Å². The van der Waals surface area contributed by atoms with E-state index in [9.17, 15) is 62.6 Å². The molecule has 0 bridgehead atoms. The van der Waals surface area contributed by atoms with Crippen LogP contribution < -0.4 is 5.32 Å². The number of nitrogens with one attached hydrogen (secondary N) is 1. The topological polar surface area (TPSA) is 348 Å². The van der Waals surface area contributed by atoms with Crippen molar-refractivity contribution in [2.45, 2.75) is 103 Å². The molecule has 0 aromatic heterocycles. The summed E-state index contributed by atoms with van der Waals surface area (Å²) < 4.78 is 40.3. The highest BCUT2D eigenvalue weighted by Crippen LogP contribution is 2.32. The molecule has 2 fully saturated rings. The second-order valence-electron chi connectivity index (χ2n) is 20.0. The molecule has 0 saturated heterocycles. The van der Waals surface area contributed by atoms with Crippen LogP contribution >= 0.6 is 0 Å². The summed E-state index contributed by atoms with van der Waals surface area (Å²) in [5, 5.41) is 12.0. The third kappa shape index (κ3) is 25.5. The van der Waals surface area contributed by atoms with E-state index in [1.54, 1.807) is 97.1 Å². The fourth-order valence-electron chi connectivity index (χ4n) is 9.00. The van der Waals surface area contributed by atoms with Crippen LogP contribution in [0.25, 0.3) is 0 Å². The van der Waals surface area contributed by atoms with E-state index in [2.05, 4.69) is 20.3 Å². The van der Waals surface area contributed by atoms with Gasteiger partial charge in [-0.3, -0.25) is 43.2 Å². The molecule has 1 atom stereocenters. The largest absolute Gasteiger partial charge is 0.428 e. The third-order valence-electron chi connectivity index (χ3n) is 14.1. The van der Waals surface area contributed by atoms with Gasteiger partial charge in [0, 0.05) is 18.7 Å². The summed E-state index contributed by atoms with van der Waals surface area (Å²) in [6.07, 6.45) is 8.94. The Bertz CT molecular complexity index is 2990. The van der Waals surface area contributed by atoms with Gasteiger partial charge in [0.05, 0.1) is 66.4 Å². The zero-order valence-electron chi connectivity index (χ0n) is 47.7. The van der Waals surface area contributed by atoms with Gasteiger partial charge in [-0.05, 0) is 134 Å². The first-order valence-corrected chi connectivity index (χ1v) is 27.9. The van der Waals surface area contributed by atoms with Crippen molar-refractivity contribution in [2.75, 3.05) is 39.1 Å². The van der Waals surface area contributed by atoms with Gasteiger partial charge in [-0.2, -0.15) is 15.0 Å². The van der Waals surface area contributed by atoms with Crippen LogP contribution in [0.4, 0.5) is 22.7 Å². The van der Waals surface area contributed by atoms with Gasteiger partial charge in [-0.15, -0.1) is 0 Å². The van der Waals surface area contributed by atoms with E-state index in [1.165, 1.54) is 18.2 Å². The quantitative estimate of drug-likeness (QED) is 0.0176. The van der Waals surface area contributed by atoms with Crippen LogP contribution in [0.2, 0.25) is 0 Å². The van der Waals surface area contributed by atoms with Crippen molar-refractivity contribution in [1.29, 1.82) is 0 Å². The first-order valence-electron chi connectivity index (χ1n) is 27.9. The number of anilines is 1. The van der Waals surface area contributed by atoms with Gasteiger partial charge < -0.3 is 48.3 Å². The van der Waals surface area contributed by atoms with Crippen LogP contribution in [0, 0.1) is 29.6 Å². The number of hydrogen-bond acceptors (Lipinski definition) is 24. The van der Waals surface area contributed by atoms with Crippen molar-refractivity contribution < 1.29 is 101 Å². The Morgan fingerprint density at radius 2 is 0.701 bits per heavy atom. The van der Waals surface area contributed by atoms with E-state index in [0.717, 1.165) is 6.42 Å². The summed E-state index contributed by atoms with van der Waals surface area (Å²) in [6.45, 7) is -0.0654. The second-order valence-corrected chi connectivity index (χ2v) is 20.0. The Hall–Kier alpha value is -9.79. The maximum absolute atomic E-state index is 12.5. The molecule has 87 heavy (non-hydrogen) atoms. The molecule has 2 saturated carbocycles. The lowest BCUT2D eigenvalue weighted by Gasteiger charge is -2.25. The Morgan fingerprint density at radius 3 is 0.943 bits per heavy atom. The molecular weight excluding hydrogens is 1140 g/mol. The number of aliphatic imine (C=N–C) groups is 3. The van der Waals surface area contributed by atoms with Crippen molar-refractivity contribution >= 4 is 94.7 Å². The Balaban J connectivity index is 0.000000321. The lowest BCUT2D eigenvalue weighted by atomic mass is 9.82. The van der Waals surface area contributed by atoms with E-state index < -0.39 is 98.6 Å². The molecule has 4 aromatic rings. The Labute approximate surface area is 499 Å². The number of amides is 1. The molecule has 0 aliphatic heterocycles. The Kier molecular flexibility index (Phi) is 29.3. The van der Waals surface area contributed by atoms with E-state index >= 15 is 0 Å². The number of aliphatic hydroxyl groups is 1. The lowest BCUT2D eigenvalue weighted by Crippen LogP contribution is -2.29. The molecule has 0 spiro atoms. The zero-order chi connectivity index (χ0) is 62.8. The number of esters is 8.